The number of methoxy groups -OCH3 is 1. The van der Waals surface area contributed by atoms with E-state index in [9.17, 15) is 0 Å². The fourth-order valence-electron chi connectivity index (χ4n) is 1.73. The predicted octanol–water partition coefficient (Wildman–Crippen LogP) is 4.68. The number of aryl methyl sites for hydroxylation is 1. The van der Waals surface area contributed by atoms with Gasteiger partial charge in [-0.3, -0.25) is 0 Å². The number of benzene rings is 2. The summed E-state index contributed by atoms with van der Waals surface area (Å²) < 4.78 is 7.59. The van der Waals surface area contributed by atoms with E-state index in [1.165, 1.54) is 5.39 Å². The summed E-state index contributed by atoms with van der Waals surface area (Å²) >= 11 is 7.04. The van der Waals surface area contributed by atoms with Crippen LogP contribution in [0, 0.1) is 6.92 Å². The zero-order chi connectivity index (χ0) is 11.0. The highest BCUT2D eigenvalue weighted by molar-refractivity contribution is 9.11. The molecule has 0 aliphatic heterocycles. The third-order valence-electron chi connectivity index (χ3n) is 2.39. The van der Waals surface area contributed by atoms with Crippen molar-refractivity contribution in [2.75, 3.05) is 7.11 Å². The molecule has 0 spiro atoms. The van der Waals surface area contributed by atoms with Crippen LogP contribution in [0.2, 0.25) is 0 Å². The molecule has 2 rings (SSSR count). The first kappa shape index (κ1) is 11.0. The molecule has 0 unspecified atom stereocenters. The molecule has 2 aromatic carbocycles. The highest BCUT2D eigenvalue weighted by Crippen LogP contribution is 2.36. The second-order valence-corrected chi connectivity index (χ2v) is 5.17. The van der Waals surface area contributed by atoms with Gasteiger partial charge >= 0.3 is 0 Å². The summed E-state index contributed by atoms with van der Waals surface area (Å²) in [6.45, 7) is 2.05. The van der Waals surface area contributed by atoms with Crippen LogP contribution in [0.1, 0.15) is 5.56 Å². The minimum atomic E-state index is 0.939. The van der Waals surface area contributed by atoms with Gasteiger partial charge in [-0.05, 0) is 36.1 Å². The van der Waals surface area contributed by atoms with Gasteiger partial charge in [-0.25, -0.2) is 0 Å². The Kier molecular flexibility index (Phi) is 3.03. The lowest BCUT2D eigenvalue weighted by atomic mass is 10.1. The third kappa shape index (κ3) is 1.91. The number of fused-ring (bicyclic) bond motifs is 1. The van der Waals surface area contributed by atoms with E-state index in [2.05, 4.69) is 50.1 Å². The van der Waals surface area contributed by atoms with Crippen LogP contribution in [0.15, 0.2) is 33.2 Å². The lowest BCUT2D eigenvalue weighted by molar-refractivity contribution is 0.416. The van der Waals surface area contributed by atoms with Gasteiger partial charge in [-0.2, -0.15) is 0 Å². The minimum absolute atomic E-state index is 0.939. The summed E-state index contributed by atoms with van der Waals surface area (Å²) in [5, 5.41) is 2.29. The van der Waals surface area contributed by atoms with Gasteiger partial charge < -0.3 is 4.74 Å². The standard InChI is InChI=1S/C12H10Br2O/c1-7-5-11(14)9-4-3-8(13)6-10(9)12(7)15-2/h3-6H,1-2H3. The zero-order valence-electron chi connectivity index (χ0n) is 8.47. The lowest BCUT2D eigenvalue weighted by Crippen LogP contribution is -1.89. The van der Waals surface area contributed by atoms with Crippen LogP contribution in [0.4, 0.5) is 0 Å². The molecule has 15 heavy (non-hydrogen) atoms. The van der Waals surface area contributed by atoms with Gasteiger partial charge in [0.05, 0.1) is 7.11 Å². The first-order chi connectivity index (χ1) is 7.13. The first-order valence-electron chi connectivity index (χ1n) is 4.56. The SMILES string of the molecule is COc1c(C)cc(Br)c2ccc(Br)cc12. The van der Waals surface area contributed by atoms with Crippen molar-refractivity contribution in [3.63, 3.8) is 0 Å². The summed E-state index contributed by atoms with van der Waals surface area (Å²) in [6.07, 6.45) is 0. The fourth-order valence-corrected chi connectivity index (χ4v) is 2.78. The van der Waals surface area contributed by atoms with Gasteiger partial charge in [0.1, 0.15) is 5.75 Å². The fraction of sp³-hybridized carbons (Fsp3) is 0.167. The third-order valence-corrected chi connectivity index (χ3v) is 3.54. The summed E-state index contributed by atoms with van der Waals surface area (Å²) in [5.41, 5.74) is 1.13. The van der Waals surface area contributed by atoms with Gasteiger partial charge in [0.25, 0.3) is 0 Å². The van der Waals surface area contributed by atoms with E-state index >= 15 is 0 Å². The van der Waals surface area contributed by atoms with Crippen LogP contribution in [0.3, 0.4) is 0 Å². The Labute approximate surface area is 106 Å². The van der Waals surface area contributed by atoms with E-state index in [4.69, 9.17) is 4.74 Å². The van der Waals surface area contributed by atoms with Crippen molar-refractivity contribution in [2.24, 2.45) is 0 Å². The summed E-state index contributed by atoms with van der Waals surface area (Å²) in [6, 6.07) is 8.26. The maximum absolute atomic E-state index is 5.43. The molecule has 1 nitrogen and oxygen atoms in total. The normalized spacial score (nSPS) is 10.7. The molecule has 0 bridgehead atoms. The maximum Gasteiger partial charge on any atom is 0.129 e. The number of hydrogen-bond acceptors (Lipinski definition) is 1. The number of halogens is 2. The van der Waals surface area contributed by atoms with E-state index in [0.29, 0.717) is 0 Å². The molecule has 0 amide bonds. The van der Waals surface area contributed by atoms with Crippen LogP contribution < -0.4 is 4.74 Å². The van der Waals surface area contributed by atoms with E-state index in [1.54, 1.807) is 7.11 Å². The molecule has 2 aromatic rings. The lowest BCUT2D eigenvalue weighted by Gasteiger charge is -2.10. The Morgan fingerprint density at radius 2 is 1.80 bits per heavy atom. The number of ether oxygens (including phenoxy) is 1. The quantitative estimate of drug-likeness (QED) is 0.738. The van der Waals surface area contributed by atoms with Crippen LogP contribution in [-0.2, 0) is 0 Å². The molecule has 0 saturated heterocycles. The Morgan fingerprint density at radius 3 is 2.47 bits per heavy atom. The van der Waals surface area contributed by atoms with Gasteiger partial charge in [0, 0.05) is 14.3 Å². The zero-order valence-corrected chi connectivity index (χ0v) is 11.6. The smallest absolute Gasteiger partial charge is 0.129 e. The van der Waals surface area contributed by atoms with Crippen molar-refractivity contribution < 1.29 is 4.74 Å². The van der Waals surface area contributed by atoms with E-state index in [0.717, 1.165) is 25.6 Å². The van der Waals surface area contributed by atoms with Crippen molar-refractivity contribution >= 4 is 42.6 Å². The Bertz CT molecular complexity index is 521. The van der Waals surface area contributed by atoms with E-state index in [-0.39, 0.29) is 0 Å². The summed E-state index contributed by atoms with van der Waals surface area (Å²) in [5.74, 6) is 0.939. The molecule has 0 N–H and O–H groups in total. The average Bonchev–Trinajstić information content (AvgIpc) is 2.17. The molecular weight excluding hydrogens is 320 g/mol. The molecule has 0 aliphatic carbocycles. The first-order valence-corrected chi connectivity index (χ1v) is 6.14. The molecule has 0 fully saturated rings. The van der Waals surface area contributed by atoms with Gasteiger partial charge in [-0.15, -0.1) is 0 Å². The van der Waals surface area contributed by atoms with Crippen molar-refractivity contribution in [3.05, 3.63) is 38.8 Å². The van der Waals surface area contributed by atoms with Crippen molar-refractivity contribution in [3.8, 4) is 5.75 Å². The van der Waals surface area contributed by atoms with Crippen molar-refractivity contribution in [1.82, 2.24) is 0 Å². The van der Waals surface area contributed by atoms with Crippen molar-refractivity contribution in [2.45, 2.75) is 6.92 Å². The molecule has 0 aliphatic rings. The molecule has 0 radical (unpaired) electrons. The van der Waals surface area contributed by atoms with Gasteiger partial charge in [-0.1, -0.05) is 37.9 Å². The Balaban J connectivity index is 2.91. The summed E-state index contributed by atoms with van der Waals surface area (Å²) in [4.78, 5) is 0. The molecule has 0 aromatic heterocycles. The second-order valence-electron chi connectivity index (χ2n) is 3.40. The number of hydrogen-bond donors (Lipinski definition) is 0. The van der Waals surface area contributed by atoms with Crippen LogP contribution >= 0.6 is 31.9 Å². The van der Waals surface area contributed by atoms with E-state index < -0.39 is 0 Å². The van der Waals surface area contributed by atoms with Crippen molar-refractivity contribution in [1.29, 1.82) is 0 Å². The molecular formula is C12H10Br2O. The minimum Gasteiger partial charge on any atom is -0.496 e. The molecule has 0 heterocycles. The van der Waals surface area contributed by atoms with Crippen LogP contribution in [0.5, 0.6) is 5.75 Å². The van der Waals surface area contributed by atoms with Crippen LogP contribution in [-0.4, -0.2) is 7.11 Å². The molecule has 0 atom stereocenters. The van der Waals surface area contributed by atoms with Gasteiger partial charge in [0.2, 0.25) is 0 Å². The Morgan fingerprint density at radius 1 is 1.07 bits per heavy atom. The van der Waals surface area contributed by atoms with Gasteiger partial charge in [0.15, 0.2) is 0 Å². The second kappa shape index (κ2) is 4.14. The molecule has 78 valence electrons. The topological polar surface area (TPSA) is 9.23 Å². The number of rotatable bonds is 1. The predicted molar refractivity (Wildman–Crippen MR) is 70.6 cm³/mol. The van der Waals surface area contributed by atoms with E-state index in [1.807, 2.05) is 13.0 Å². The summed E-state index contributed by atoms with van der Waals surface area (Å²) in [7, 11) is 1.70. The van der Waals surface area contributed by atoms with Crippen LogP contribution in [0.25, 0.3) is 10.8 Å². The average molecular weight is 330 g/mol. The highest BCUT2D eigenvalue weighted by Gasteiger charge is 2.08. The largest absolute Gasteiger partial charge is 0.496 e. The molecule has 0 saturated carbocycles. The highest BCUT2D eigenvalue weighted by atomic mass is 79.9. The monoisotopic (exact) mass is 328 g/mol. The molecule has 3 heteroatoms. The maximum atomic E-state index is 5.43. The Hall–Kier alpha value is -0.540.